The van der Waals surface area contributed by atoms with Gasteiger partial charge in [0.25, 0.3) is 0 Å². The maximum absolute atomic E-state index is 5.50. The molecule has 0 radical (unpaired) electrons. The summed E-state index contributed by atoms with van der Waals surface area (Å²) in [6.07, 6.45) is 2.14. The number of aromatic nitrogens is 1. The molecule has 2 heterocycles. The van der Waals surface area contributed by atoms with Crippen LogP contribution in [-0.4, -0.2) is 31.8 Å². The smallest absolute Gasteiger partial charge is 0.0990 e. The van der Waals surface area contributed by atoms with E-state index in [4.69, 9.17) is 9.72 Å². The minimum absolute atomic E-state index is 0.491. The van der Waals surface area contributed by atoms with E-state index < -0.39 is 0 Å². The Kier molecular flexibility index (Phi) is 4.45. The molecule has 0 aliphatic carbocycles. The number of hydrogen-bond donors (Lipinski definition) is 1. The van der Waals surface area contributed by atoms with Crippen LogP contribution >= 0.6 is 11.3 Å². The molecule has 1 unspecified atom stereocenters. The molecule has 1 fully saturated rings. The molecule has 1 N–H and O–H groups in total. The zero-order chi connectivity index (χ0) is 13.8. The average molecular weight is 288 g/mol. The van der Waals surface area contributed by atoms with Crippen LogP contribution < -0.4 is 5.32 Å². The van der Waals surface area contributed by atoms with E-state index in [9.17, 15) is 0 Å². The standard InChI is InChI=1S/C16H20N2OS/c1-17-9-7-14-15(12-5-3-2-4-6-12)18-16(20-14)13-8-10-19-11-13/h2-6,13,17H,7-11H2,1H3. The van der Waals surface area contributed by atoms with Crippen molar-refractivity contribution in [1.29, 1.82) is 0 Å². The van der Waals surface area contributed by atoms with Crippen molar-refractivity contribution in [2.75, 3.05) is 26.8 Å². The Morgan fingerprint density at radius 3 is 2.90 bits per heavy atom. The second-order valence-electron chi connectivity index (χ2n) is 5.10. The summed E-state index contributed by atoms with van der Waals surface area (Å²) in [5.41, 5.74) is 2.38. The molecule has 1 atom stereocenters. The molecule has 0 spiro atoms. The monoisotopic (exact) mass is 288 g/mol. The SMILES string of the molecule is CNCCc1sc(C2CCOC2)nc1-c1ccccc1. The predicted octanol–water partition coefficient (Wildman–Crippen LogP) is 3.08. The van der Waals surface area contributed by atoms with Gasteiger partial charge in [0, 0.05) is 23.0 Å². The second-order valence-corrected chi connectivity index (χ2v) is 6.22. The molecule has 1 aromatic carbocycles. The van der Waals surface area contributed by atoms with E-state index in [0.29, 0.717) is 5.92 Å². The summed E-state index contributed by atoms with van der Waals surface area (Å²) in [6.45, 7) is 2.69. The molecule has 1 saturated heterocycles. The third-order valence-electron chi connectivity index (χ3n) is 3.64. The van der Waals surface area contributed by atoms with Gasteiger partial charge < -0.3 is 10.1 Å². The van der Waals surface area contributed by atoms with Crippen molar-refractivity contribution < 1.29 is 4.74 Å². The van der Waals surface area contributed by atoms with Crippen molar-refractivity contribution in [1.82, 2.24) is 10.3 Å². The van der Waals surface area contributed by atoms with E-state index in [2.05, 4.69) is 35.6 Å². The number of rotatable bonds is 5. The van der Waals surface area contributed by atoms with Gasteiger partial charge in [0.15, 0.2) is 0 Å². The lowest BCUT2D eigenvalue weighted by atomic mass is 10.1. The van der Waals surface area contributed by atoms with Crippen LogP contribution in [0.1, 0.15) is 22.2 Å². The second kappa shape index (κ2) is 6.48. The van der Waals surface area contributed by atoms with Crippen molar-refractivity contribution in [3.63, 3.8) is 0 Å². The zero-order valence-corrected chi connectivity index (χ0v) is 12.6. The average Bonchev–Trinajstić information content (AvgIpc) is 3.15. The molecule has 2 aromatic rings. The number of thiazole rings is 1. The number of nitrogens with zero attached hydrogens (tertiary/aromatic N) is 1. The lowest BCUT2D eigenvalue weighted by molar-refractivity contribution is 0.194. The Morgan fingerprint density at radius 1 is 1.35 bits per heavy atom. The summed E-state index contributed by atoms with van der Waals surface area (Å²) in [5, 5.41) is 4.47. The first-order valence-corrected chi connectivity index (χ1v) is 7.97. The molecule has 1 aromatic heterocycles. The van der Waals surface area contributed by atoms with Crippen molar-refractivity contribution in [3.8, 4) is 11.3 Å². The molecule has 1 aliphatic rings. The highest BCUT2D eigenvalue weighted by molar-refractivity contribution is 7.12. The van der Waals surface area contributed by atoms with Gasteiger partial charge in [0.1, 0.15) is 0 Å². The van der Waals surface area contributed by atoms with Crippen molar-refractivity contribution in [2.45, 2.75) is 18.8 Å². The van der Waals surface area contributed by atoms with Crippen LogP contribution in [0.2, 0.25) is 0 Å². The molecule has 4 heteroatoms. The fourth-order valence-corrected chi connectivity index (χ4v) is 3.71. The molecule has 0 bridgehead atoms. The van der Waals surface area contributed by atoms with E-state index in [1.807, 2.05) is 18.4 Å². The maximum Gasteiger partial charge on any atom is 0.0990 e. The van der Waals surface area contributed by atoms with Crippen LogP contribution in [0.15, 0.2) is 30.3 Å². The lowest BCUT2D eigenvalue weighted by Crippen LogP contribution is -2.09. The molecule has 3 nitrogen and oxygen atoms in total. The van der Waals surface area contributed by atoms with E-state index in [-0.39, 0.29) is 0 Å². The van der Waals surface area contributed by atoms with Crippen molar-refractivity contribution in [3.05, 3.63) is 40.2 Å². The molecule has 106 valence electrons. The number of hydrogen-bond acceptors (Lipinski definition) is 4. The quantitative estimate of drug-likeness (QED) is 0.918. The Balaban J connectivity index is 1.93. The Morgan fingerprint density at radius 2 is 2.20 bits per heavy atom. The summed E-state index contributed by atoms with van der Waals surface area (Å²) >= 11 is 1.86. The van der Waals surface area contributed by atoms with E-state index in [0.717, 1.165) is 38.3 Å². The molecule has 0 saturated carbocycles. The Labute approximate surface area is 124 Å². The Hall–Kier alpha value is -1.23. The van der Waals surface area contributed by atoms with E-state index in [1.165, 1.54) is 15.4 Å². The van der Waals surface area contributed by atoms with Gasteiger partial charge in [0.05, 0.1) is 17.3 Å². The van der Waals surface area contributed by atoms with Gasteiger partial charge in [-0.05, 0) is 26.4 Å². The fraction of sp³-hybridized carbons (Fsp3) is 0.438. The summed E-state index contributed by atoms with van der Waals surface area (Å²) in [6, 6.07) is 10.5. The number of benzene rings is 1. The summed E-state index contributed by atoms with van der Waals surface area (Å²) in [4.78, 5) is 6.31. The Bertz CT molecular complexity index is 547. The minimum atomic E-state index is 0.491. The molecular formula is C16H20N2OS. The normalized spacial score (nSPS) is 18.6. The van der Waals surface area contributed by atoms with Gasteiger partial charge in [-0.1, -0.05) is 30.3 Å². The van der Waals surface area contributed by atoms with Gasteiger partial charge >= 0.3 is 0 Å². The van der Waals surface area contributed by atoms with Crippen LogP contribution in [0.25, 0.3) is 11.3 Å². The number of nitrogens with one attached hydrogen (secondary N) is 1. The van der Waals surface area contributed by atoms with Crippen LogP contribution in [0.5, 0.6) is 0 Å². The van der Waals surface area contributed by atoms with Crippen molar-refractivity contribution >= 4 is 11.3 Å². The highest BCUT2D eigenvalue weighted by atomic mass is 32.1. The van der Waals surface area contributed by atoms with Gasteiger partial charge in [0.2, 0.25) is 0 Å². The topological polar surface area (TPSA) is 34.1 Å². The first-order chi connectivity index (χ1) is 9.88. The summed E-state index contributed by atoms with van der Waals surface area (Å²) in [7, 11) is 1.99. The van der Waals surface area contributed by atoms with Crippen LogP contribution in [0.4, 0.5) is 0 Å². The van der Waals surface area contributed by atoms with Gasteiger partial charge in [-0.3, -0.25) is 0 Å². The molecule has 1 aliphatic heterocycles. The summed E-state index contributed by atoms with van der Waals surface area (Å²) in [5.74, 6) is 0.491. The molecule has 0 amide bonds. The number of likely N-dealkylation sites (N-methyl/N-ethyl adjacent to an activating group) is 1. The maximum atomic E-state index is 5.50. The van der Waals surface area contributed by atoms with Gasteiger partial charge in [-0.25, -0.2) is 4.98 Å². The first kappa shape index (κ1) is 13.7. The van der Waals surface area contributed by atoms with Crippen LogP contribution in [0, 0.1) is 0 Å². The highest BCUT2D eigenvalue weighted by Crippen LogP contribution is 2.35. The lowest BCUT2D eigenvalue weighted by Gasteiger charge is -2.01. The highest BCUT2D eigenvalue weighted by Gasteiger charge is 2.23. The van der Waals surface area contributed by atoms with E-state index >= 15 is 0 Å². The van der Waals surface area contributed by atoms with Crippen molar-refractivity contribution in [2.24, 2.45) is 0 Å². The first-order valence-electron chi connectivity index (χ1n) is 7.16. The molecular weight excluding hydrogens is 268 g/mol. The molecule has 20 heavy (non-hydrogen) atoms. The van der Waals surface area contributed by atoms with Crippen LogP contribution in [0.3, 0.4) is 0 Å². The fourth-order valence-electron chi connectivity index (χ4n) is 2.50. The largest absolute Gasteiger partial charge is 0.381 e. The third-order valence-corrected chi connectivity index (χ3v) is 4.92. The van der Waals surface area contributed by atoms with Crippen LogP contribution in [-0.2, 0) is 11.2 Å². The van der Waals surface area contributed by atoms with Gasteiger partial charge in [-0.15, -0.1) is 11.3 Å². The summed E-state index contributed by atoms with van der Waals surface area (Å²) < 4.78 is 5.50. The zero-order valence-electron chi connectivity index (χ0n) is 11.8. The minimum Gasteiger partial charge on any atom is -0.381 e. The number of ether oxygens (including phenoxy) is 1. The third kappa shape index (κ3) is 2.92. The van der Waals surface area contributed by atoms with E-state index in [1.54, 1.807) is 0 Å². The van der Waals surface area contributed by atoms with Gasteiger partial charge in [-0.2, -0.15) is 0 Å². The molecule has 3 rings (SSSR count). The predicted molar refractivity (Wildman–Crippen MR) is 83.4 cm³/mol.